The Morgan fingerprint density at radius 2 is 2.42 bits per heavy atom. The molecule has 0 bridgehead atoms. The highest BCUT2D eigenvalue weighted by Crippen LogP contribution is 2.21. The largest absolute Gasteiger partial charge is 0.493 e. The summed E-state index contributed by atoms with van der Waals surface area (Å²) >= 11 is 7.25. The van der Waals surface area contributed by atoms with Crippen LogP contribution < -0.4 is 10.1 Å². The molecule has 19 heavy (non-hydrogen) atoms. The Hall–Kier alpha value is -1.53. The van der Waals surface area contributed by atoms with Gasteiger partial charge in [0.25, 0.3) is 0 Å². The maximum absolute atomic E-state index is 11.0. The van der Waals surface area contributed by atoms with E-state index in [1.54, 1.807) is 24.4 Å². The Kier molecular flexibility index (Phi) is 4.81. The van der Waals surface area contributed by atoms with Gasteiger partial charge < -0.3 is 10.1 Å². The van der Waals surface area contributed by atoms with Crippen LogP contribution in [0.1, 0.15) is 12.5 Å². The van der Waals surface area contributed by atoms with Gasteiger partial charge in [0.1, 0.15) is 5.75 Å². The third-order valence-electron chi connectivity index (χ3n) is 2.20. The van der Waals surface area contributed by atoms with E-state index < -0.39 is 0 Å². The van der Waals surface area contributed by atoms with Crippen molar-refractivity contribution < 1.29 is 9.53 Å². The molecule has 100 valence electrons. The van der Waals surface area contributed by atoms with E-state index in [-0.39, 0.29) is 5.91 Å². The highest BCUT2D eigenvalue weighted by molar-refractivity contribution is 8.15. The van der Waals surface area contributed by atoms with Crippen LogP contribution in [-0.2, 0) is 4.79 Å². The van der Waals surface area contributed by atoms with Gasteiger partial charge in [0.15, 0.2) is 5.17 Å². The Balaban J connectivity index is 2.13. The zero-order valence-corrected chi connectivity index (χ0v) is 11.8. The number of halogens is 1. The summed E-state index contributed by atoms with van der Waals surface area (Å²) in [5, 5.41) is 11.5. The van der Waals surface area contributed by atoms with E-state index in [4.69, 9.17) is 16.3 Å². The van der Waals surface area contributed by atoms with Crippen molar-refractivity contribution in [2.24, 2.45) is 10.2 Å². The van der Waals surface area contributed by atoms with Gasteiger partial charge in [-0.3, -0.25) is 4.79 Å². The van der Waals surface area contributed by atoms with Gasteiger partial charge in [0, 0.05) is 10.6 Å². The molecule has 2 rings (SSSR count). The van der Waals surface area contributed by atoms with Crippen molar-refractivity contribution >= 4 is 40.7 Å². The first-order chi connectivity index (χ1) is 9.19. The van der Waals surface area contributed by atoms with Gasteiger partial charge in [-0.15, -0.1) is 5.10 Å². The van der Waals surface area contributed by atoms with Crippen LogP contribution in [0.15, 0.2) is 28.4 Å². The normalized spacial score (nSPS) is 17.2. The minimum absolute atomic E-state index is 0.0586. The van der Waals surface area contributed by atoms with Crippen molar-refractivity contribution in [2.75, 3.05) is 12.4 Å². The van der Waals surface area contributed by atoms with E-state index in [1.165, 1.54) is 11.8 Å². The third-order valence-corrected chi connectivity index (χ3v) is 3.30. The lowest BCUT2D eigenvalue weighted by molar-refractivity contribution is -0.116. The minimum atomic E-state index is -0.0586. The molecule has 0 spiro atoms. The summed E-state index contributed by atoms with van der Waals surface area (Å²) in [5.41, 5.74) is 0.744. The number of nitrogens with zero attached hydrogens (tertiary/aromatic N) is 2. The van der Waals surface area contributed by atoms with E-state index in [0.29, 0.717) is 28.3 Å². The van der Waals surface area contributed by atoms with Crippen LogP contribution in [-0.4, -0.2) is 29.6 Å². The van der Waals surface area contributed by atoms with E-state index in [9.17, 15) is 4.79 Å². The molecule has 7 heteroatoms. The Morgan fingerprint density at radius 3 is 3.11 bits per heavy atom. The van der Waals surface area contributed by atoms with Crippen molar-refractivity contribution in [3.8, 4) is 5.75 Å². The summed E-state index contributed by atoms with van der Waals surface area (Å²) in [4.78, 5) is 11.0. The SMILES string of the molecule is CCOc1ccc(Cl)cc1C=NN=C1NC(=O)CS1. The molecule has 1 saturated heterocycles. The van der Waals surface area contributed by atoms with Crippen LogP contribution in [0.2, 0.25) is 5.02 Å². The van der Waals surface area contributed by atoms with Crippen molar-refractivity contribution in [3.63, 3.8) is 0 Å². The number of hydrogen-bond donors (Lipinski definition) is 1. The highest BCUT2D eigenvalue weighted by Gasteiger charge is 2.15. The molecule has 0 unspecified atom stereocenters. The van der Waals surface area contributed by atoms with Crippen LogP contribution in [0.3, 0.4) is 0 Å². The van der Waals surface area contributed by atoms with E-state index in [0.717, 1.165) is 5.56 Å². The minimum Gasteiger partial charge on any atom is -0.493 e. The number of amides is 1. The number of carbonyl (C=O) groups is 1. The van der Waals surface area contributed by atoms with Crippen LogP contribution in [0.5, 0.6) is 5.75 Å². The summed E-state index contributed by atoms with van der Waals surface area (Å²) in [6, 6.07) is 5.28. The van der Waals surface area contributed by atoms with Gasteiger partial charge >= 0.3 is 0 Å². The molecule has 1 fully saturated rings. The number of carbonyl (C=O) groups excluding carboxylic acids is 1. The zero-order valence-electron chi connectivity index (χ0n) is 10.2. The van der Waals surface area contributed by atoms with Gasteiger partial charge in [-0.2, -0.15) is 5.10 Å². The number of rotatable bonds is 4. The molecular formula is C12H12ClN3O2S. The van der Waals surface area contributed by atoms with E-state index in [1.807, 2.05) is 6.92 Å². The molecule has 1 heterocycles. The molecule has 1 amide bonds. The molecule has 1 aromatic rings. The maximum atomic E-state index is 11.0. The fraction of sp³-hybridized carbons (Fsp3) is 0.250. The van der Waals surface area contributed by atoms with Crippen LogP contribution in [0.4, 0.5) is 0 Å². The zero-order chi connectivity index (χ0) is 13.7. The fourth-order valence-electron chi connectivity index (χ4n) is 1.43. The van der Waals surface area contributed by atoms with Gasteiger partial charge in [-0.05, 0) is 25.1 Å². The van der Waals surface area contributed by atoms with Crippen molar-refractivity contribution in [3.05, 3.63) is 28.8 Å². The monoisotopic (exact) mass is 297 g/mol. The van der Waals surface area contributed by atoms with Crippen LogP contribution in [0, 0.1) is 0 Å². The lowest BCUT2D eigenvalue weighted by Crippen LogP contribution is -2.19. The second kappa shape index (κ2) is 6.58. The van der Waals surface area contributed by atoms with Crippen LogP contribution >= 0.6 is 23.4 Å². The number of nitrogens with one attached hydrogen (secondary N) is 1. The molecule has 0 aromatic heterocycles. The average Bonchev–Trinajstić information content (AvgIpc) is 2.79. The van der Waals surface area contributed by atoms with Crippen molar-refractivity contribution in [1.29, 1.82) is 0 Å². The molecule has 1 aromatic carbocycles. The first kappa shape index (κ1) is 13.9. The predicted octanol–water partition coefficient (Wildman–Crippen LogP) is 2.29. The van der Waals surface area contributed by atoms with Crippen molar-refractivity contribution in [1.82, 2.24) is 5.32 Å². The standard InChI is InChI=1S/C12H12ClN3O2S/c1-2-18-10-4-3-9(13)5-8(10)6-14-16-12-15-11(17)7-19-12/h3-6H,2,7H2,1H3,(H,15,16,17). The van der Waals surface area contributed by atoms with Gasteiger partial charge in [0.05, 0.1) is 18.6 Å². The van der Waals surface area contributed by atoms with Crippen molar-refractivity contribution in [2.45, 2.75) is 6.92 Å². The molecule has 0 saturated carbocycles. The number of amidine groups is 1. The number of benzene rings is 1. The second-order valence-corrected chi connectivity index (χ2v) is 5.00. The first-order valence-corrected chi connectivity index (χ1v) is 7.01. The molecule has 5 nitrogen and oxygen atoms in total. The Labute approximate surface area is 120 Å². The molecule has 1 N–H and O–H groups in total. The van der Waals surface area contributed by atoms with Gasteiger partial charge in [-0.1, -0.05) is 23.4 Å². The molecule has 0 atom stereocenters. The van der Waals surface area contributed by atoms with E-state index >= 15 is 0 Å². The lowest BCUT2D eigenvalue weighted by Gasteiger charge is -2.06. The fourth-order valence-corrected chi connectivity index (χ4v) is 2.24. The summed E-state index contributed by atoms with van der Waals surface area (Å²) in [7, 11) is 0. The predicted molar refractivity (Wildman–Crippen MR) is 78.3 cm³/mol. The summed E-state index contributed by atoms with van der Waals surface area (Å²) in [6.45, 7) is 2.46. The Bertz CT molecular complexity index is 546. The molecule has 1 aliphatic heterocycles. The number of ether oxygens (including phenoxy) is 1. The molecule has 1 aliphatic rings. The first-order valence-electron chi connectivity index (χ1n) is 5.65. The van der Waals surface area contributed by atoms with Crippen LogP contribution in [0.25, 0.3) is 0 Å². The second-order valence-electron chi connectivity index (χ2n) is 3.60. The number of thioether (sulfide) groups is 1. The summed E-state index contributed by atoms with van der Waals surface area (Å²) in [5.74, 6) is 1.02. The topological polar surface area (TPSA) is 63.1 Å². The van der Waals surface area contributed by atoms with Gasteiger partial charge in [0.2, 0.25) is 5.91 Å². The third kappa shape index (κ3) is 3.97. The average molecular weight is 298 g/mol. The number of hydrogen-bond acceptors (Lipinski definition) is 5. The Morgan fingerprint density at radius 1 is 1.58 bits per heavy atom. The maximum Gasteiger partial charge on any atom is 0.236 e. The lowest BCUT2D eigenvalue weighted by atomic mass is 10.2. The van der Waals surface area contributed by atoms with E-state index in [2.05, 4.69) is 15.5 Å². The molecule has 0 aliphatic carbocycles. The summed E-state index contributed by atoms with van der Waals surface area (Å²) < 4.78 is 5.46. The van der Waals surface area contributed by atoms with Gasteiger partial charge in [-0.25, -0.2) is 0 Å². The molecule has 0 radical (unpaired) electrons. The quantitative estimate of drug-likeness (QED) is 0.685. The smallest absolute Gasteiger partial charge is 0.236 e. The highest BCUT2D eigenvalue weighted by atomic mass is 35.5. The molecular weight excluding hydrogens is 286 g/mol. The summed E-state index contributed by atoms with van der Waals surface area (Å²) in [6.07, 6.45) is 1.55.